The van der Waals surface area contributed by atoms with Crippen LogP contribution in [0.3, 0.4) is 0 Å². The molecule has 0 saturated heterocycles. The molecular formula is C20H17N7O2. The highest BCUT2D eigenvalue weighted by atomic mass is 16.5. The molecular weight excluding hydrogens is 370 g/mol. The van der Waals surface area contributed by atoms with E-state index in [4.69, 9.17) is 4.74 Å². The van der Waals surface area contributed by atoms with Gasteiger partial charge in [0.05, 0.1) is 12.8 Å². The number of hydrogen-bond acceptors (Lipinski definition) is 7. The van der Waals surface area contributed by atoms with Crippen molar-refractivity contribution < 1.29 is 4.74 Å². The van der Waals surface area contributed by atoms with Gasteiger partial charge in [-0.2, -0.15) is 9.78 Å². The predicted molar refractivity (Wildman–Crippen MR) is 106 cm³/mol. The monoisotopic (exact) mass is 387 g/mol. The Bertz CT molecular complexity index is 1240. The van der Waals surface area contributed by atoms with Gasteiger partial charge in [-0.25, -0.2) is 5.10 Å². The van der Waals surface area contributed by atoms with Crippen LogP contribution in [0.15, 0.2) is 53.3 Å². The number of nitrogens with zero attached hydrogens (tertiary/aromatic N) is 5. The molecule has 0 spiro atoms. The SMILES string of the molecule is COc1ccc(-c2n[nH]c(=O)c3c2[C@H](c2ccc(C)cc2)n2nnnc2N3)cc1. The number of ether oxygens (including phenoxy) is 1. The van der Waals surface area contributed by atoms with E-state index < -0.39 is 6.04 Å². The van der Waals surface area contributed by atoms with Crippen LogP contribution in [0.25, 0.3) is 11.3 Å². The molecule has 0 unspecified atom stereocenters. The number of aryl methyl sites for hydroxylation is 1. The van der Waals surface area contributed by atoms with Gasteiger partial charge >= 0.3 is 0 Å². The highest BCUT2D eigenvalue weighted by molar-refractivity contribution is 5.75. The number of hydrogen-bond donors (Lipinski definition) is 2. The Labute approximate surface area is 165 Å². The van der Waals surface area contributed by atoms with Gasteiger partial charge in [0, 0.05) is 11.1 Å². The third kappa shape index (κ3) is 2.75. The highest BCUT2D eigenvalue weighted by Crippen LogP contribution is 2.41. The summed E-state index contributed by atoms with van der Waals surface area (Å²) in [5.74, 6) is 1.14. The number of methoxy groups -OCH3 is 1. The Morgan fingerprint density at radius 3 is 2.55 bits per heavy atom. The van der Waals surface area contributed by atoms with Crippen LogP contribution in [0.4, 0.5) is 11.6 Å². The topological polar surface area (TPSA) is 111 Å². The number of aromatic amines is 1. The van der Waals surface area contributed by atoms with E-state index >= 15 is 0 Å². The Balaban J connectivity index is 1.78. The standard InChI is InChI=1S/C20H17N7O2/c1-11-3-5-13(6-4-11)18-15-16(12-7-9-14(29-2)10-8-12)22-23-19(28)17(15)21-20-24-25-26-27(18)20/h3-10,18H,1-2H3,(H,23,28)(H,21,24,26)/t18-/m0/s1. The molecule has 29 heavy (non-hydrogen) atoms. The summed E-state index contributed by atoms with van der Waals surface area (Å²) < 4.78 is 6.92. The molecule has 1 aliphatic heterocycles. The van der Waals surface area contributed by atoms with E-state index in [1.165, 1.54) is 0 Å². The van der Waals surface area contributed by atoms with Crippen molar-refractivity contribution in [3.63, 3.8) is 0 Å². The third-order valence-corrected chi connectivity index (χ3v) is 5.02. The first kappa shape index (κ1) is 17.1. The number of tetrazole rings is 1. The number of rotatable bonds is 3. The van der Waals surface area contributed by atoms with E-state index in [2.05, 4.69) is 31.0 Å². The zero-order chi connectivity index (χ0) is 20.0. The van der Waals surface area contributed by atoms with Gasteiger partial charge < -0.3 is 10.1 Å². The molecule has 0 amide bonds. The molecule has 2 N–H and O–H groups in total. The summed E-state index contributed by atoms with van der Waals surface area (Å²) in [6.45, 7) is 2.03. The molecule has 0 bridgehead atoms. The largest absolute Gasteiger partial charge is 0.497 e. The Morgan fingerprint density at radius 2 is 1.83 bits per heavy atom. The molecule has 1 atom stereocenters. The summed E-state index contributed by atoms with van der Waals surface area (Å²) in [7, 11) is 1.62. The fourth-order valence-corrected chi connectivity index (χ4v) is 3.56. The van der Waals surface area contributed by atoms with Crippen LogP contribution in [0.1, 0.15) is 22.7 Å². The Hall–Kier alpha value is -4.01. The van der Waals surface area contributed by atoms with Crippen LogP contribution in [0.5, 0.6) is 5.75 Å². The van der Waals surface area contributed by atoms with Crippen molar-refractivity contribution in [2.24, 2.45) is 0 Å². The Kier molecular flexibility index (Phi) is 3.87. The lowest BCUT2D eigenvalue weighted by Gasteiger charge is -2.27. The zero-order valence-corrected chi connectivity index (χ0v) is 15.7. The lowest BCUT2D eigenvalue weighted by atomic mass is 9.92. The summed E-state index contributed by atoms with van der Waals surface area (Å²) >= 11 is 0. The maximum Gasteiger partial charge on any atom is 0.288 e. The quantitative estimate of drug-likeness (QED) is 0.489. The molecule has 2 aromatic carbocycles. The highest BCUT2D eigenvalue weighted by Gasteiger charge is 2.34. The number of aromatic nitrogens is 6. The van der Waals surface area contributed by atoms with Crippen LogP contribution in [-0.4, -0.2) is 37.5 Å². The minimum atomic E-state index is -0.399. The van der Waals surface area contributed by atoms with Gasteiger partial charge in [-0.15, -0.1) is 0 Å². The first-order valence-electron chi connectivity index (χ1n) is 9.04. The van der Waals surface area contributed by atoms with Crippen molar-refractivity contribution in [1.29, 1.82) is 0 Å². The molecule has 1 aliphatic rings. The smallest absolute Gasteiger partial charge is 0.288 e. The second-order valence-electron chi connectivity index (χ2n) is 6.80. The number of nitrogens with one attached hydrogen (secondary N) is 2. The van der Waals surface area contributed by atoms with Crippen molar-refractivity contribution in [1.82, 2.24) is 30.4 Å². The van der Waals surface area contributed by atoms with Crippen LogP contribution in [-0.2, 0) is 0 Å². The minimum Gasteiger partial charge on any atom is -0.497 e. The van der Waals surface area contributed by atoms with E-state index in [0.29, 0.717) is 22.9 Å². The van der Waals surface area contributed by atoms with Gasteiger partial charge in [0.25, 0.3) is 5.56 Å². The second kappa shape index (κ2) is 6.55. The summed E-state index contributed by atoms with van der Waals surface area (Å²) in [4.78, 5) is 12.6. The maximum atomic E-state index is 12.6. The average molecular weight is 387 g/mol. The van der Waals surface area contributed by atoms with Gasteiger partial charge in [0.1, 0.15) is 17.5 Å². The lowest BCUT2D eigenvalue weighted by molar-refractivity contribution is 0.415. The first-order chi connectivity index (χ1) is 14.2. The van der Waals surface area contributed by atoms with Gasteiger partial charge in [0.2, 0.25) is 5.95 Å². The molecule has 9 heteroatoms. The molecule has 0 radical (unpaired) electrons. The van der Waals surface area contributed by atoms with Crippen LogP contribution < -0.4 is 15.6 Å². The second-order valence-corrected chi connectivity index (χ2v) is 6.80. The summed E-state index contributed by atoms with van der Waals surface area (Å²) in [5, 5.41) is 22.0. The molecule has 9 nitrogen and oxygen atoms in total. The maximum absolute atomic E-state index is 12.6. The Morgan fingerprint density at radius 1 is 1.07 bits per heavy atom. The van der Waals surface area contributed by atoms with Crippen molar-refractivity contribution >= 4 is 11.6 Å². The van der Waals surface area contributed by atoms with E-state index in [0.717, 1.165) is 22.4 Å². The molecule has 5 rings (SSSR count). The molecule has 3 heterocycles. The van der Waals surface area contributed by atoms with Gasteiger partial charge in [-0.3, -0.25) is 4.79 Å². The van der Waals surface area contributed by atoms with Crippen molar-refractivity contribution in [3.05, 3.63) is 75.6 Å². The van der Waals surface area contributed by atoms with Crippen molar-refractivity contribution in [3.8, 4) is 17.0 Å². The van der Waals surface area contributed by atoms with E-state index in [1.807, 2.05) is 55.5 Å². The fourth-order valence-electron chi connectivity index (χ4n) is 3.56. The van der Waals surface area contributed by atoms with Crippen molar-refractivity contribution in [2.75, 3.05) is 12.4 Å². The molecule has 144 valence electrons. The average Bonchev–Trinajstić information content (AvgIpc) is 3.22. The van der Waals surface area contributed by atoms with Crippen LogP contribution >= 0.6 is 0 Å². The van der Waals surface area contributed by atoms with E-state index in [1.54, 1.807) is 11.8 Å². The van der Waals surface area contributed by atoms with Crippen LogP contribution in [0, 0.1) is 6.92 Å². The zero-order valence-electron chi connectivity index (χ0n) is 15.7. The number of H-pyrrole nitrogens is 1. The third-order valence-electron chi connectivity index (χ3n) is 5.02. The van der Waals surface area contributed by atoms with Gasteiger partial charge in [-0.05, 0) is 47.2 Å². The number of benzene rings is 2. The fraction of sp³-hybridized carbons (Fsp3) is 0.150. The van der Waals surface area contributed by atoms with E-state index in [-0.39, 0.29) is 5.56 Å². The molecule has 0 saturated carbocycles. The van der Waals surface area contributed by atoms with Crippen molar-refractivity contribution in [2.45, 2.75) is 13.0 Å². The molecule has 2 aromatic heterocycles. The lowest BCUT2D eigenvalue weighted by Crippen LogP contribution is -2.29. The summed E-state index contributed by atoms with van der Waals surface area (Å²) in [6.07, 6.45) is 0. The molecule has 4 aromatic rings. The van der Waals surface area contributed by atoms with E-state index in [9.17, 15) is 4.79 Å². The summed E-state index contributed by atoms with van der Waals surface area (Å²) in [6, 6.07) is 15.2. The van der Waals surface area contributed by atoms with Gasteiger partial charge in [-0.1, -0.05) is 34.9 Å². The number of anilines is 2. The predicted octanol–water partition coefficient (Wildman–Crippen LogP) is 2.44. The minimum absolute atomic E-state index is 0.330. The number of fused-ring (bicyclic) bond motifs is 2. The first-order valence-corrected chi connectivity index (χ1v) is 9.04. The molecule has 0 fully saturated rings. The van der Waals surface area contributed by atoms with Gasteiger partial charge in [0.15, 0.2) is 0 Å². The normalized spacial score (nSPS) is 14.6. The van der Waals surface area contributed by atoms with Crippen LogP contribution in [0.2, 0.25) is 0 Å². The summed E-state index contributed by atoms with van der Waals surface area (Å²) in [5.41, 5.74) is 4.34. The molecule has 0 aliphatic carbocycles.